The van der Waals surface area contributed by atoms with Gasteiger partial charge in [0.25, 0.3) is 5.91 Å². The van der Waals surface area contributed by atoms with Crippen LogP contribution in [0.15, 0.2) is 30.5 Å². The van der Waals surface area contributed by atoms with E-state index in [1.807, 2.05) is 31.3 Å². The van der Waals surface area contributed by atoms with Gasteiger partial charge in [0.15, 0.2) is 0 Å². The highest BCUT2D eigenvalue weighted by Crippen LogP contribution is 2.28. The third kappa shape index (κ3) is 2.85. The lowest BCUT2D eigenvalue weighted by molar-refractivity contribution is 0.0683. The Morgan fingerprint density at radius 2 is 2.20 bits per heavy atom. The molecule has 1 amide bonds. The predicted octanol–water partition coefficient (Wildman–Crippen LogP) is 2.67. The summed E-state index contributed by atoms with van der Waals surface area (Å²) in [4.78, 5) is 17.3. The van der Waals surface area contributed by atoms with E-state index in [4.69, 9.17) is 4.74 Å². The molecule has 0 radical (unpaired) electrons. The van der Waals surface area contributed by atoms with Gasteiger partial charge in [-0.2, -0.15) is 0 Å². The first kappa shape index (κ1) is 13.2. The summed E-state index contributed by atoms with van der Waals surface area (Å²) in [6, 6.07) is 7.86. The molecule has 106 valence electrons. The number of likely N-dealkylation sites (N-methyl/N-ethyl adjacent to an activating group) is 1. The van der Waals surface area contributed by atoms with E-state index in [-0.39, 0.29) is 5.91 Å². The lowest BCUT2D eigenvalue weighted by Crippen LogP contribution is -2.30. The molecule has 1 fully saturated rings. The van der Waals surface area contributed by atoms with Crippen molar-refractivity contribution < 1.29 is 9.53 Å². The Kier molecular flexibility index (Phi) is 3.74. The van der Waals surface area contributed by atoms with Crippen molar-refractivity contribution in [1.29, 1.82) is 0 Å². The molecule has 0 saturated heterocycles. The Morgan fingerprint density at radius 1 is 1.40 bits per heavy atom. The van der Waals surface area contributed by atoms with Crippen molar-refractivity contribution in [2.75, 3.05) is 26.8 Å². The molecule has 0 aliphatic heterocycles. The summed E-state index contributed by atoms with van der Waals surface area (Å²) in [5.41, 5.74) is 1.72. The third-order valence-corrected chi connectivity index (χ3v) is 3.79. The highest BCUT2D eigenvalue weighted by molar-refractivity contribution is 6.06. The van der Waals surface area contributed by atoms with Crippen LogP contribution in [0.4, 0.5) is 0 Å². The van der Waals surface area contributed by atoms with Crippen molar-refractivity contribution >= 4 is 16.8 Å². The molecular formula is C16H20N2O2. The smallest absolute Gasteiger partial charge is 0.255 e. The molecule has 0 spiro atoms. The van der Waals surface area contributed by atoms with Crippen LogP contribution in [0.25, 0.3) is 10.9 Å². The largest absolute Gasteiger partial charge is 0.379 e. The molecule has 1 saturated carbocycles. The van der Waals surface area contributed by atoms with Gasteiger partial charge < -0.3 is 14.6 Å². The number of H-pyrrole nitrogens is 1. The highest BCUT2D eigenvalue weighted by atomic mass is 16.5. The number of nitrogens with zero attached hydrogens (tertiary/aromatic N) is 1. The number of carbonyl (C=O) groups is 1. The molecule has 3 rings (SSSR count). The molecule has 0 bridgehead atoms. The lowest BCUT2D eigenvalue weighted by Gasteiger charge is -2.16. The molecule has 1 heterocycles. The molecule has 4 nitrogen and oxygen atoms in total. The zero-order valence-corrected chi connectivity index (χ0v) is 11.8. The normalized spacial score (nSPS) is 14.7. The van der Waals surface area contributed by atoms with Crippen molar-refractivity contribution in [2.45, 2.75) is 12.8 Å². The Morgan fingerprint density at radius 3 is 3.00 bits per heavy atom. The molecule has 4 heteroatoms. The fraction of sp³-hybridized carbons (Fsp3) is 0.438. The minimum absolute atomic E-state index is 0.0393. The van der Waals surface area contributed by atoms with Crippen LogP contribution in [-0.2, 0) is 4.74 Å². The summed E-state index contributed by atoms with van der Waals surface area (Å²) in [7, 11) is 1.82. The average molecular weight is 272 g/mol. The number of benzene rings is 1. The van der Waals surface area contributed by atoms with Crippen LogP contribution in [0.5, 0.6) is 0 Å². The molecule has 1 aliphatic rings. The maximum absolute atomic E-state index is 12.4. The Hall–Kier alpha value is -1.81. The standard InChI is InChI=1S/C16H20N2O2/c1-18(8-9-20-11-12-6-7-12)16(19)14-10-17-15-5-3-2-4-13(14)15/h2-5,10,12,17H,6-9,11H2,1H3. The number of hydrogen-bond acceptors (Lipinski definition) is 2. The van der Waals surface area contributed by atoms with Gasteiger partial charge in [0.2, 0.25) is 0 Å². The summed E-state index contributed by atoms with van der Waals surface area (Å²) in [6.07, 6.45) is 4.38. The van der Waals surface area contributed by atoms with Gasteiger partial charge in [-0.15, -0.1) is 0 Å². The Labute approximate surface area is 118 Å². The molecule has 1 N–H and O–H groups in total. The first-order chi connectivity index (χ1) is 9.75. The molecular weight excluding hydrogens is 252 g/mol. The van der Waals surface area contributed by atoms with Gasteiger partial charge in [-0.1, -0.05) is 18.2 Å². The quantitative estimate of drug-likeness (QED) is 0.822. The fourth-order valence-corrected chi connectivity index (χ4v) is 2.29. The van der Waals surface area contributed by atoms with Gasteiger partial charge in [0.05, 0.1) is 12.2 Å². The average Bonchev–Trinajstić information content (AvgIpc) is 3.20. The van der Waals surface area contributed by atoms with E-state index < -0.39 is 0 Å². The second-order valence-corrected chi connectivity index (χ2v) is 5.49. The second-order valence-electron chi connectivity index (χ2n) is 5.49. The molecule has 1 aliphatic carbocycles. The number of fused-ring (bicyclic) bond motifs is 1. The van der Waals surface area contributed by atoms with Crippen molar-refractivity contribution in [3.8, 4) is 0 Å². The van der Waals surface area contributed by atoms with Crippen molar-refractivity contribution in [3.63, 3.8) is 0 Å². The number of amides is 1. The van der Waals surface area contributed by atoms with Gasteiger partial charge in [-0.25, -0.2) is 0 Å². The first-order valence-electron chi connectivity index (χ1n) is 7.15. The van der Waals surface area contributed by atoms with E-state index in [1.54, 1.807) is 11.1 Å². The number of rotatable bonds is 6. The molecule has 2 aromatic rings. The maximum Gasteiger partial charge on any atom is 0.255 e. The summed E-state index contributed by atoms with van der Waals surface area (Å²) < 4.78 is 5.58. The molecule has 0 unspecified atom stereocenters. The number of aromatic nitrogens is 1. The van der Waals surface area contributed by atoms with E-state index in [1.165, 1.54) is 12.8 Å². The van der Waals surface area contributed by atoms with Gasteiger partial charge in [-0.05, 0) is 24.8 Å². The maximum atomic E-state index is 12.4. The number of para-hydroxylation sites is 1. The topological polar surface area (TPSA) is 45.3 Å². The van der Waals surface area contributed by atoms with Crippen LogP contribution in [-0.4, -0.2) is 42.6 Å². The number of hydrogen-bond donors (Lipinski definition) is 1. The third-order valence-electron chi connectivity index (χ3n) is 3.79. The Bertz CT molecular complexity index is 601. The molecule has 1 aromatic carbocycles. The first-order valence-corrected chi connectivity index (χ1v) is 7.15. The predicted molar refractivity (Wildman–Crippen MR) is 78.8 cm³/mol. The van der Waals surface area contributed by atoms with E-state index in [9.17, 15) is 4.79 Å². The Balaban J connectivity index is 1.59. The second kappa shape index (κ2) is 5.67. The van der Waals surface area contributed by atoms with Crippen molar-refractivity contribution in [1.82, 2.24) is 9.88 Å². The number of ether oxygens (including phenoxy) is 1. The van der Waals surface area contributed by atoms with Gasteiger partial charge >= 0.3 is 0 Å². The van der Waals surface area contributed by atoms with Crippen LogP contribution in [0.1, 0.15) is 23.2 Å². The molecule has 1 aromatic heterocycles. The van der Waals surface area contributed by atoms with E-state index in [0.717, 1.165) is 29.0 Å². The fourth-order valence-electron chi connectivity index (χ4n) is 2.29. The minimum Gasteiger partial charge on any atom is -0.379 e. The van der Waals surface area contributed by atoms with E-state index in [2.05, 4.69) is 4.98 Å². The summed E-state index contributed by atoms with van der Waals surface area (Å²) in [6.45, 7) is 2.08. The summed E-state index contributed by atoms with van der Waals surface area (Å²) >= 11 is 0. The van der Waals surface area contributed by atoms with Gasteiger partial charge in [-0.3, -0.25) is 4.79 Å². The van der Waals surface area contributed by atoms with Crippen LogP contribution in [0, 0.1) is 5.92 Å². The molecule has 0 atom stereocenters. The van der Waals surface area contributed by atoms with Crippen molar-refractivity contribution in [2.24, 2.45) is 5.92 Å². The van der Waals surface area contributed by atoms with Gasteiger partial charge in [0.1, 0.15) is 0 Å². The zero-order valence-electron chi connectivity index (χ0n) is 11.8. The van der Waals surface area contributed by atoms with Gasteiger partial charge in [0, 0.05) is 37.3 Å². The number of aromatic amines is 1. The van der Waals surface area contributed by atoms with Crippen LogP contribution >= 0.6 is 0 Å². The van der Waals surface area contributed by atoms with E-state index >= 15 is 0 Å². The summed E-state index contributed by atoms with van der Waals surface area (Å²) in [5.74, 6) is 0.807. The van der Waals surface area contributed by atoms with Crippen LogP contribution < -0.4 is 0 Å². The monoisotopic (exact) mass is 272 g/mol. The SMILES string of the molecule is CN(CCOCC1CC1)C(=O)c1c[nH]c2ccccc12. The summed E-state index contributed by atoms with van der Waals surface area (Å²) in [5, 5.41) is 0.975. The zero-order chi connectivity index (χ0) is 13.9. The van der Waals surface area contributed by atoms with Crippen molar-refractivity contribution in [3.05, 3.63) is 36.0 Å². The van der Waals surface area contributed by atoms with E-state index in [0.29, 0.717) is 13.2 Å². The lowest BCUT2D eigenvalue weighted by atomic mass is 10.1. The number of nitrogens with one attached hydrogen (secondary N) is 1. The van der Waals surface area contributed by atoms with Crippen LogP contribution in [0.2, 0.25) is 0 Å². The van der Waals surface area contributed by atoms with Crippen LogP contribution in [0.3, 0.4) is 0 Å². The molecule has 20 heavy (non-hydrogen) atoms. The minimum atomic E-state index is 0.0393. The highest BCUT2D eigenvalue weighted by Gasteiger charge is 2.21. The number of carbonyl (C=O) groups excluding carboxylic acids is 1.